The lowest BCUT2D eigenvalue weighted by molar-refractivity contribution is 0.0479. The van der Waals surface area contributed by atoms with Gasteiger partial charge in [-0.05, 0) is 25.9 Å². The molecule has 1 saturated heterocycles. The van der Waals surface area contributed by atoms with Crippen LogP contribution in [0.2, 0.25) is 0 Å². The van der Waals surface area contributed by atoms with Crippen molar-refractivity contribution in [2.75, 3.05) is 53.1 Å². The molecule has 1 aliphatic rings. The molecule has 0 amide bonds. The summed E-state index contributed by atoms with van der Waals surface area (Å²) in [5, 5.41) is 3.46. The van der Waals surface area contributed by atoms with E-state index < -0.39 is 0 Å². The normalized spacial score (nSPS) is 21.6. The molecule has 0 bridgehead atoms. The van der Waals surface area contributed by atoms with Crippen molar-refractivity contribution in [1.29, 1.82) is 0 Å². The minimum absolute atomic E-state index is 0.692. The molecule has 0 aromatic heterocycles. The summed E-state index contributed by atoms with van der Waals surface area (Å²) >= 11 is 0. The largest absolute Gasteiger partial charge is 0.382 e. The van der Waals surface area contributed by atoms with Gasteiger partial charge in [-0.25, -0.2) is 0 Å². The van der Waals surface area contributed by atoms with Gasteiger partial charge in [0, 0.05) is 26.2 Å². The van der Waals surface area contributed by atoms with Crippen LogP contribution in [0.25, 0.3) is 0 Å². The van der Waals surface area contributed by atoms with E-state index in [9.17, 15) is 0 Å². The molecule has 1 N–H and O–H groups in total. The molecule has 1 unspecified atom stereocenters. The van der Waals surface area contributed by atoms with Crippen molar-refractivity contribution in [1.82, 2.24) is 10.2 Å². The monoisotopic (exact) mass is 230 g/mol. The van der Waals surface area contributed by atoms with Crippen molar-refractivity contribution in [3.63, 3.8) is 0 Å². The predicted molar refractivity (Wildman–Crippen MR) is 65.8 cm³/mol. The van der Waals surface area contributed by atoms with Crippen molar-refractivity contribution in [2.24, 2.45) is 0 Å². The first-order valence-electron chi connectivity index (χ1n) is 6.40. The van der Waals surface area contributed by atoms with E-state index in [1.165, 1.54) is 19.4 Å². The van der Waals surface area contributed by atoms with E-state index in [4.69, 9.17) is 9.47 Å². The van der Waals surface area contributed by atoms with Crippen LogP contribution in [0, 0.1) is 0 Å². The number of piperidine rings is 1. The zero-order chi connectivity index (χ0) is 11.6. The lowest BCUT2D eigenvalue weighted by atomic mass is 10.1. The van der Waals surface area contributed by atoms with E-state index in [0.29, 0.717) is 19.3 Å². The van der Waals surface area contributed by atoms with Crippen LogP contribution in [-0.2, 0) is 9.47 Å². The van der Waals surface area contributed by atoms with Crippen molar-refractivity contribution in [2.45, 2.75) is 25.8 Å². The molecule has 0 aromatic rings. The average molecular weight is 230 g/mol. The number of nitrogens with zero attached hydrogens (tertiary/aromatic N) is 1. The number of methoxy groups -OCH3 is 1. The molecule has 1 atom stereocenters. The summed E-state index contributed by atoms with van der Waals surface area (Å²) in [4.78, 5) is 2.51. The Morgan fingerprint density at radius 2 is 2.19 bits per heavy atom. The van der Waals surface area contributed by atoms with E-state index in [1.807, 2.05) is 0 Å². The number of hydrogen-bond acceptors (Lipinski definition) is 4. The maximum Gasteiger partial charge on any atom is 0.0700 e. The summed E-state index contributed by atoms with van der Waals surface area (Å²) in [6.07, 6.45) is 2.62. The fourth-order valence-corrected chi connectivity index (χ4v) is 2.17. The Bertz CT molecular complexity index is 161. The lowest BCUT2D eigenvalue weighted by Gasteiger charge is -2.33. The summed E-state index contributed by atoms with van der Waals surface area (Å²) in [7, 11) is 1.70. The van der Waals surface area contributed by atoms with Crippen molar-refractivity contribution >= 4 is 0 Å². The summed E-state index contributed by atoms with van der Waals surface area (Å²) in [6, 6.07) is 0.699. The molecule has 1 heterocycles. The third-order valence-electron chi connectivity index (χ3n) is 3.15. The van der Waals surface area contributed by atoms with Crippen LogP contribution in [0.1, 0.15) is 19.8 Å². The second kappa shape index (κ2) is 8.93. The minimum Gasteiger partial charge on any atom is -0.382 e. The number of rotatable bonds is 8. The van der Waals surface area contributed by atoms with E-state index in [0.717, 1.165) is 26.2 Å². The third kappa shape index (κ3) is 5.25. The van der Waals surface area contributed by atoms with E-state index >= 15 is 0 Å². The molecule has 0 aliphatic carbocycles. The number of likely N-dealkylation sites (N-methyl/N-ethyl adjacent to an activating group) is 1. The van der Waals surface area contributed by atoms with E-state index in [2.05, 4.69) is 17.1 Å². The van der Waals surface area contributed by atoms with Crippen LogP contribution in [0.5, 0.6) is 0 Å². The van der Waals surface area contributed by atoms with Gasteiger partial charge in [0.25, 0.3) is 0 Å². The fraction of sp³-hybridized carbons (Fsp3) is 1.00. The van der Waals surface area contributed by atoms with Crippen molar-refractivity contribution in [3.8, 4) is 0 Å². The molecule has 96 valence electrons. The van der Waals surface area contributed by atoms with Gasteiger partial charge in [0.1, 0.15) is 0 Å². The van der Waals surface area contributed by atoms with Gasteiger partial charge in [-0.1, -0.05) is 6.92 Å². The first-order valence-corrected chi connectivity index (χ1v) is 6.40. The molecule has 16 heavy (non-hydrogen) atoms. The second-order valence-corrected chi connectivity index (χ2v) is 4.23. The minimum atomic E-state index is 0.692. The number of hydrogen-bond donors (Lipinski definition) is 1. The first kappa shape index (κ1) is 13.9. The van der Waals surface area contributed by atoms with E-state index in [-0.39, 0.29) is 0 Å². The Kier molecular flexibility index (Phi) is 7.76. The molecule has 1 aliphatic heterocycles. The maximum atomic E-state index is 5.51. The predicted octanol–water partition coefficient (Wildman–Crippen LogP) is 0.723. The van der Waals surface area contributed by atoms with Crippen LogP contribution in [0.4, 0.5) is 0 Å². The molecule has 0 aromatic carbocycles. The maximum absolute atomic E-state index is 5.51. The van der Waals surface area contributed by atoms with Crippen LogP contribution in [0.3, 0.4) is 0 Å². The van der Waals surface area contributed by atoms with Crippen molar-refractivity contribution in [3.05, 3.63) is 0 Å². The molecule has 1 rings (SSSR count). The molecule has 0 radical (unpaired) electrons. The highest BCUT2D eigenvalue weighted by molar-refractivity contribution is 4.77. The second-order valence-electron chi connectivity index (χ2n) is 4.23. The van der Waals surface area contributed by atoms with Crippen LogP contribution in [-0.4, -0.2) is 64.1 Å². The highest BCUT2D eigenvalue weighted by Crippen LogP contribution is 2.09. The van der Waals surface area contributed by atoms with Gasteiger partial charge in [0.2, 0.25) is 0 Å². The van der Waals surface area contributed by atoms with Gasteiger partial charge in [-0.3, -0.25) is 4.90 Å². The Labute approximate surface area is 99.3 Å². The summed E-state index contributed by atoms with van der Waals surface area (Å²) in [6.45, 7) is 8.89. The van der Waals surface area contributed by atoms with Crippen LogP contribution >= 0.6 is 0 Å². The highest BCUT2D eigenvalue weighted by atomic mass is 16.5. The SMILES string of the molecule is CCN(CCOCCOC)C1CCCNC1. The summed E-state index contributed by atoms with van der Waals surface area (Å²) in [5.41, 5.74) is 0. The molecule has 4 nitrogen and oxygen atoms in total. The molecule has 0 saturated carbocycles. The highest BCUT2D eigenvalue weighted by Gasteiger charge is 2.18. The Balaban J connectivity index is 2.10. The standard InChI is InChI=1S/C12H26N2O2/c1-3-14(7-8-16-10-9-15-2)12-5-4-6-13-11-12/h12-13H,3-11H2,1-2H3. The van der Waals surface area contributed by atoms with Gasteiger partial charge in [0.15, 0.2) is 0 Å². The van der Waals surface area contributed by atoms with Gasteiger partial charge < -0.3 is 14.8 Å². The van der Waals surface area contributed by atoms with Gasteiger partial charge >= 0.3 is 0 Å². The Morgan fingerprint density at radius 3 is 2.81 bits per heavy atom. The molecule has 0 spiro atoms. The number of nitrogens with one attached hydrogen (secondary N) is 1. The lowest BCUT2D eigenvalue weighted by Crippen LogP contribution is -2.47. The molecular weight excluding hydrogens is 204 g/mol. The quantitative estimate of drug-likeness (QED) is 0.623. The Morgan fingerprint density at radius 1 is 1.31 bits per heavy atom. The molecular formula is C12H26N2O2. The smallest absolute Gasteiger partial charge is 0.0700 e. The van der Waals surface area contributed by atoms with E-state index in [1.54, 1.807) is 7.11 Å². The fourth-order valence-electron chi connectivity index (χ4n) is 2.17. The van der Waals surface area contributed by atoms with Crippen molar-refractivity contribution < 1.29 is 9.47 Å². The zero-order valence-corrected chi connectivity index (χ0v) is 10.7. The van der Waals surface area contributed by atoms with Gasteiger partial charge in [0.05, 0.1) is 19.8 Å². The average Bonchev–Trinajstić information content (AvgIpc) is 2.35. The third-order valence-corrected chi connectivity index (χ3v) is 3.15. The summed E-state index contributed by atoms with van der Waals surface area (Å²) < 4.78 is 10.5. The van der Waals surface area contributed by atoms with Crippen LogP contribution < -0.4 is 5.32 Å². The van der Waals surface area contributed by atoms with Gasteiger partial charge in [-0.15, -0.1) is 0 Å². The van der Waals surface area contributed by atoms with Crippen LogP contribution in [0.15, 0.2) is 0 Å². The zero-order valence-electron chi connectivity index (χ0n) is 10.7. The first-order chi connectivity index (χ1) is 7.88. The molecule has 4 heteroatoms. The molecule has 1 fully saturated rings. The Hall–Kier alpha value is -0.160. The summed E-state index contributed by atoms with van der Waals surface area (Å²) in [5.74, 6) is 0. The topological polar surface area (TPSA) is 33.7 Å². The number of ether oxygens (including phenoxy) is 2. The van der Waals surface area contributed by atoms with Gasteiger partial charge in [-0.2, -0.15) is 0 Å².